The second-order valence-electron chi connectivity index (χ2n) is 5.25. The predicted octanol–water partition coefficient (Wildman–Crippen LogP) is 2.50. The Hall–Kier alpha value is -2.54. The summed E-state index contributed by atoms with van der Waals surface area (Å²) in [4.78, 5) is 37.4. The van der Waals surface area contributed by atoms with E-state index in [1.54, 1.807) is 30.3 Å². The first-order valence-corrected chi connectivity index (χ1v) is 7.92. The number of hydrogen-bond donors (Lipinski definition) is 1. The van der Waals surface area contributed by atoms with Gasteiger partial charge in [0.2, 0.25) is 5.91 Å². The Kier molecular flexibility index (Phi) is 4.44. The number of carbonyl (C=O) groups excluding carboxylic acids is 3. The molecule has 3 amide bonds. The molecule has 24 heavy (non-hydrogen) atoms. The van der Waals surface area contributed by atoms with E-state index < -0.39 is 30.1 Å². The van der Waals surface area contributed by atoms with Crippen molar-refractivity contribution in [2.45, 2.75) is 6.54 Å². The standard InChI is InChI=1S/C17H12BrFN2O3/c18-11-5-6-12-13(7-11)17(24)21(16(12)23)9-15(22)20-8-10-3-1-2-4-14(10)19/h1-7H,8-9H2,(H,20,22). The average molecular weight is 391 g/mol. The molecule has 0 bridgehead atoms. The molecule has 7 heteroatoms. The lowest BCUT2D eigenvalue weighted by atomic mass is 10.1. The number of halogens is 2. The molecule has 2 aromatic carbocycles. The molecule has 1 N–H and O–H groups in total. The zero-order valence-corrected chi connectivity index (χ0v) is 14.0. The maximum Gasteiger partial charge on any atom is 0.262 e. The van der Waals surface area contributed by atoms with Gasteiger partial charge in [-0.2, -0.15) is 0 Å². The topological polar surface area (TPSA) is 66.5 Å². The summed E-state index contributed by atoms with van der Waals surface area (Å²) in [5.74, 6) is -1.99. The first kappa shape index (κ1) is 16.3. The van der Waals surface area contributed by atoms with E-state index in [0.29, 0.717) is 10.0 Å². The van der Waals surface area contributed by atoms with Gasteiger partial charge in [-0.05, 0) is 24.3 Å². The van der Waals surface area contributed by atoms with Crippen LogP contribution in [0.5, 0.6) is 0 Å². The monoisotopic (exact) mass is 390 g/mol. The molecule has 0 aromatic heterocycles. The smallest absolute Gasteiger partial charge is 0.262 e. The van der Waals surface area contributed by atoms with Crippen molar-refractivity contribution in [2.24, 2.45) is 0 Å². The van der Waals surface area contributed by atoms with Gasteiger partial charge >= 0.3 is 0 Å². The number of hydrogen-bond acceptors (Lipinski definition) is 3. The second-order valence-corrected chi connectivity index (χ2v) is 6.17. The van der Waals surface area contributed by atoms with E-state index in [4.69, 9.17) is 0 Å². The third-order valence-electron chi connectivity index (χ3n) is 3.67. The summed E-state index contributed by atoms with van der Waals surface area (Å²) in [5.41, 5.74) is 0.860. The van der Waals surface area contributed by atoms with Crippen molar-refractivity contribution < 1.29 is 18.8 Å². The van der Waals surface area contributed by atoms with Crippen LogP contribution in [0.2, 0.25) is 0 Å². The SMILES string of the molecule is O=C(CN1C(=O)c2ccc(Br)cc2C1=O)NCc1ccccc1F. The Morgan fingerprint density at radius 3 is 2.54 bits per heavy atom. The van der Waals surface area contributed by atoms with Crippen LogP contribution < -0.4 is 5.32 Å². The highest BCUT2D eigenvalue weighted by Gasteiger charge is 2.36. The van der Waals surface area contributed by atoms with E-state index in [9.17, 15) is 18.8 Å². The summed E-state index contributed by atoms with van der Waals surface area (Å²) in [7, 11) is 0. The molecule has 1 heterocycles. The normalized spacial score (nSPS) is 13.2. The third-order valence-corrected chi connectivity index (χ3v) is 4.16. The lowest BCUT2D eigenvalue weighted by Crippen LogP contribution is -2.40. The molecule has 3 rings (SSSR count). The molecule has 0 fully saturated rings. The molecule has 0 saturated carbocycles. The van der Waals surface area contributed by atoms with Crippen LogP contribution in [-0.4, -0.2) is 29.2 Å². The van der Waals surface area contributed by atoms with Gasteiger partial charge in [0, 0.05) is 16.6 Å². The molecule has 0 saturated heterocycles. The van der Waals surface area contributed by atoms with Gasteiger partial charge in [0.1, 0.15) is 12.4 Å². The number of nitrogens with one attached hydrogen (secondary N) is 1. The molecule has 0 aliphatic carbocycles. The van der Waals surface area contributed by atoms with Crippen LogP contribution in [0, 0.1) is 5.82 Å². The first-order chi connectivity index (χ1) is 11.5. The van der Waals surface area contributed by atoms with Gasteiger partial charge in [-0.25, -0.2) is 4.39 Å². The van der Waals surface area contributed by atoms with E-state index in [-0.39, 0.29) is 17.7 Å². The summed E-state index contributed by atoms with van der Waals surface area (Å²) in [5, 5.41) is 2.51. The van der Waals surface area contributed by atoms with E-state index in [1.165, 1.54) is 12.1 Å². The van der Waals surface area contributed by atoms with Crippen molar-refractivity contribution in [3.05, 3.63) is 69.4 Å². The number of benzene rings is 2. The first-order valence-electron chi connectivity index (χ1n) is 7.13. The summed E-state index contributed by atoms with van der Waals surface area (Å²) >= 11 is 3.24. The number of rotatable bonds is 4. The zero-order chi connectivity index (χ0) is 17.3. The largest absolute Gasteiger partial charge is 0.350 e. The van der Waals surface area contributed by atoms with Crippen LogP contribution in [0.3, 0.4) is 0 Å². The van der Waals surface area contributed by atoms with E-state index in [1.807, 2.05) is 0 Å². The molecule has 1 aliphatic heterocycles. The lowest BCUT2D eigenvalue weighted by molar-refractivity contribution is -0.121. The van der Waals surface area contributed by atoms with Crippen LogP contribution in [0.15, 0.2) is 46.9 Å². The number of imide groups is 1. The minimum Gasteiger partial charge on any atom is -0.350 e. The van der Waals surface area contributed by atoms with E-state index >= 15 is 0 Å². The fraction of sp³-hybridized carbons (Fsp3) is 0.118. The Morgan fingerprint density at radius 2 is 1.79 bits per heavy atom. The molecule has 1 aliphatic rings. The van der Waals surface area contributed by atoms with Crippen LogP contribution in [0.1, 0.15) is 26.3 Å². The van der Waals surface area contributed by atoms with E-state index in [2.05, 4.69) is 21.2 Å². The van der Waals surface area contributed by atoms with Crippen molar-refractivity contribution >= 4 is 33.7 Å². The molecule has 0 spiro atoms. The van der Waals surface area contributed by atoms with Crippen LogP contribution in [0.4, 0.5) is 4.39 Å². The minimum absolute atomic E-state index is 0.0137. The van der Waals surface area contributed by atoms with Gasteiger partial charge in [-0.15, -0.1) is 0 Å². The number of fused-ring (bicyclic) bond motifs is 1. The van der Waals surface area contributed by atoms with Crippen molar-refractivity contribution in [1.82, 2.24) is 10.2 Å². The second kappa shape index (κ2) is 6.52. The number of carbonyl (C=O) groups is 3. The van der Waals surface area contributed by atoms with Crippen LogP contribution in [-0.2, 0) is 11.3 Å². The van der Waals surface area contributed by atoms with Crippen molar-refractivity contribution in [3.8, 4) is 0 Å². The van der Waals surface area contributed by atoms with Gasteiger partial charge in [-0.1, -0.05) is 34.1 Å². The van der Waals surface area contributed by atoms with Gasteiger partial charge in [0.05, 0.1) is 11.1 Å². The predicted molar refractivity (Wildman–Crippen MR) is 87.8 cm³/mol. The van der Waals surface area contributed by atoms with E-state index in [0.717, 1.165) is 4.90 Å². The number of amides is 3. The molecule has 122 valence electrons. The molecule has 0 unspecified atom stereocenters. The third kappa shape index (κ3) is 3.07. The molecule has 5 nitrogen and oxygen atoms in total. The van der Waals surface area contributed by atoms with Crippen molar-refractivity contribution in [3.63, 3.8) is 0 Å². The molecular weight excluding hydrogens is 379 g/mol. The maximum absolute atomic E-state index is 13.5. The summed E-state index contributed by atoms with van der Waals surface area (Å²) in [6.45, 7) is -0.418. The highest BCUT2D eigenvalue weighted by atomic mass is 79.9. The Labute approximate surface area is 145 Å². The van der Waals surface area contributed by atoms with Gasteiger partial charge in [0.25, 0.3) is 11.8 Å². The van der Waals surface area contributed by atoms with Crippen LogP contribution >= 0.6 is 15.9 Å². The highest BCUT2D eigenvalue weighted by Crippen LogP contribution is 2.25. The molecular formula is C17H12BrFN2O3. The minimum atomic E-state index is -0.535. The van der Waals surface area contributed by atoms with Gasteiger partial charge < -0.3 is 5.32 Å². The fourth-order valence-electron chi connectivity index (χ4n) is 2.44. The fourth-order valence-corrected chi connectivity index (χ4v) is 2.80. The van der Waals surface area contributed by atoms with Gasteiger partial charge in [0.15, 0.2) is 0 Å². The molecule has 2 aromatic rings. The Bertz CT molecular complexity index is 853. The quantitative estimate of drug-likeness (QED) is 0.815. The average Bonchev–Trinajstić information content (AvgIpc) is 2.79. The number of nitrogens with zero attached hydrogens (tertiary/aromatic N) is 1. The highest BCUT2D eigenvalue weighted by molar-refractivity contribution is 9.10. The van der Waals surface area contributed by atoms with Crippen molar-refractivity contribution in [1.29, 1.82) is 0 Å². The summed E-state index contributed by atoms with van der Waals surface area (Å²) in [6, 6.07) is 10.8. The van der Waals surface area contributed by atoms with Crippen molar-refractivity contribution in [2.75, 3.05) is 6.54 Å². The lowest BCUT2D eigenvalue weighted by Gasteiger charge is -2.13. The molecule has 0 atom stereocenters. The van der Waals surface area contributed by atoms with Crippen LogP contribution in [0.25, 0.3) is 0 Å². The maximum atomic E-state index is 13.5. The summed E-state index contributed by atoms with van der Waals surface area (Å²) < 4.78 is 14.2. The van der Waals surface area contributed by atoms with Gasteiger partial charge in [-0.3, -0.25) is 19.3 Å². The Morgan fingerprint density at radius 1 is 1.08 bits per heavy atom. The zero-order valence-electron chi connectivity index (χ0n) is 12.4. The molecule has 0 radical (unpaired) electrons. The summed E-state index contributed by atoms with van der Waals surface area (Å²) in [6.07, 6.45) is 0. The Balaban J connectivity index is 1.66.